The van der Waals surface area contributed by atoms with Crippen LogP contribution in [0.2, 0.25) is 0 Å². The normalized spacial score (nSPS) is 25.0. The van der Waals surface area contributed by atoms with Crippen molar-refractivity contribution in [1.82, 2.24) is 0 Å². The Bertz CT molecular complexity index is 696. The zero-order chi connectivity index (χ0) is 15.7. The fourth-order valence-corrected chi connectivity index (χ4v) is 3.47. The second-order valence-electron chi connectivity index (χ2n) is 6.18. The number of carbonyl (C=O) groups excluding carboxylic acids is 2. The SMILES string of the molecule is COc1cccc(C=CC2=C3CCC(=O)C3(C)CCC2=O)c1. The molecule has 0 saturated heterocycles. The molecule has 1 saturated carbocycles. The molecule has 1 aromatic rings. The van der Waals surface area contributed by atoms with Crippen molar-refractivity contribution in [2.24, 2.45) is 5.41 Å². The molecule has 2 aliphatic rings. The average molecular weight is 296 g/mol. The first kappa shape index (κ1) is 14.8. The lowest BCUT2D eigenvalue weighted by Crippen LogP contribution is -2.30. The minimum Gasteiger partial charge on any atom is -0.497 e. The van der Waals surface area contributed by atoms with E-state index in [1.54, 1.807) is 7.11 Å². The van der Waals surface area contributed by atoms with Crippen molar-refractivity contribution >= 4 is 17.6 Å². The fraction of sp³-hybridized carbons (Fsp3) is 0.368. The molecule has 0 heterocycles. The van der Waals surface area contributed by atoms with Crippen LogP contribution < -0.4 is 4.74 Å². The van der Waals surface area contributed by atoms with Gasteiger partial charge >= 0.3 is 0 Å². The van der Waals surface area contributed by atoms with E-state index in [1.165, 1.54) is 0 Å². The number of fused-ring (bicyclic) bond motifs is 1. The van der Waals surface area contributed by atoms with Gasteiger partial charge < -0.3 is 4.74 Å². The minimum atomic E-state index is -0.415. The van der Waals surface area contributed by atoms with Gasteiger partial charge in [-0.15, -0.1) is 0 Å². The molecule has 114 valence electrons. The molecular weight excluding hydrogens is 276 g/mol. The number of Topliss-reactive ketones (excluding diaryl/α,β-unsaturated/α-hetero) is 2. The van der Waals surface area contributed by atoms with E-state index >= 15 is 0 Å². The van der Waals surface area contributed by atoms with Crippen molar-refractivity contribution < 1.29 is 14.3 Å². The van der Waals surface area contributed by atoms with Crippen LogP contribution in [0.25, 0.3) is 6.08 Å². The Balaban J connectivity index is 1.97. The molecule has 2 aliphatic carbocycles. The van der Waals surface area contributed by atoms with E-state index in [4.69, 9.17) is 4.74 Å². The summed E-state index contributed by atoms with van der Waals surface area (Å²) in [6, 6.07) is 7.70. The molecule has 0 bridgehead atoms. The Morgan fingerprint density at radius 3 is 2.73 bits per heavy atom. The van der Waals surface area contributed by atoms with E-state index in [2.05, 4.69) is 0 Å². The van der Waals surface area contributed by atoms with Gasteiger partial charge in [-0.25, -0.2) is 0 Å². The Hall–Kier alpha value is -2.16. The summed E-state index contributed by atoms with van der Waals surface area (Å²) < 4.78 is 5.21. The van der Waals surface area contributed by atoms with Gasteiger partial charge in [0.05, 0.1) is 7.11 Å². The van der Waals surface area contributed by atoms with Crippen LogP contribution in [-0.4, -0.2) is 18.7 Å². The first-order valence-electron chi connectivity index (χ1n) is 7.67. The van der Waals surface area contributed by atoms with Crippen molar-refractivity contribution in [1.29, 1.82) is 0 Å². The Labute approximate surface area is 130 Å². The third-order valence-corrected chi connectivity index (χ3v) is 4.90. The summed E-state index contributed by atoms with van der Waals surface area (Å²) in [7, 11) is 1.63. The van der Waals surface area contributed by atoms with Crippen LogP contribution in [0.4, 0.5) is 0 Å². The third-order valence-electron chi connectivity index (χ3n) is 4.90. The maximum atomic E-state index is 12.3. The number of rotatable bonds is 3. The monoisotopic (exact) mass is 296 g/mol. The maximum absolute atomic E-state index is 12.3. The quantitative estimate of drug-likeness (QED) is 0.853. The second kappa shape index (κ2) is 5.56. The number of allylic oxidation sites excluding steroid dienone is 3. The van der Waals surface area contributed by atoms with Gasteiger partial charge in [0, 0.05) is 23.8 Å². The highest BCUT2D eigenvalue weighted by molar-refractivity contribution is 6.05. The van der Waals surface area contributed by atoms with Gasteiger partial charge in [0.15, 0.2) is 5.78 Å². The molecule has 0 spiro atoms. The number of ketones is 2. The molecule has 0 N–H and O–H groups in total. The standard InChI is InChI=1S/C19H20O3/c1-19-11-10-17(20)15(16(19)8-9-18(19)21)7-6-13-4-3-5-14(12-13)22-2/h3-7,12H,8-11H2,1-2H3. The Morgan fingerprint density at radius 2 is 1.95 bits per heavy atom. The van der Waals surface area contributed by atoms with Crippen LogP contribution >= 0.6 is 0 Å². The number of ether oxygens (including phenoxy) is 1. The van der Waals surface area contributed by atoms with Crippen LogP contribution in [0.5, 0.6) is 5.75 Å². The summed E-state index contributed by atoms with van der Waals surface area (Å²) in [5.41, 5.74) is 2.34. The molecular formula is C19H20O3. The lowest BCUT2D eigenvalue weighted by atomic mass is 9.72. The Morgan fingerprint density at radius 1 is 1.14 bits per heavy atom. The molecule has 0 amide bonds. The van der Waals surface area contributed by atoms with Crippen LogP contribution in [0.1, 0.15) is 38.2 Å². The van der Waals surface area contributed by atoms with Crippen molar-refractivity contribution in [2.75, 3.05) is 7.11 Å². The van der Waals surface area contributed by atoms with Gasteiger partial charge in [-0.2, -0.15) is 0 Å². The number of carbonyl (C=O) groups is 2. The van der Waals surface area contributed by atoms with Crippen molar-refractivity contribution in [3.8, 4) is 5.75 Å². The van der Waals surface area contributed by atoms with Crippen LogP contribution in [0, 0.1) is 5.41 Å². The molecule has 1 aromatic carbocycles. The number of hydrogen-bond donors (Lipinski definition) is 0. The summed E-state index contributed by atoms with van der Waals surface area (Å²) in [6.07, 6.45) is 6.22. The van der Waals surface area contributed by atoms with Crippen molar-refractivity contribution in [2.45, 2.75) is 32.6 Å². The molecule has 1 atom stereocenters. The zero-order valence-corrected chi connectivity index (χ0v) is 13.0. The summed E-state index contributed by atoms with van der Waals surface area (Å²) >= 11 is 0. The summed E-state index contributed by atoms with van der Waals surface area (Å²) in [6.45, 7) is 1.99. The summed E-state index contributed by atoms with van der Waals surface area (Å²) in [5, 5.41) is 0. The van der Waals surface area contributed by atoms with E-state index in [9.17, 15) is 9.59 Å². The molecule has 3 heteroatoms. The first-order chi connectivity index (χ1) is 10.5. The summed E-state index contributed by atoms with van der Waals surface area (Å²) in [5.74, 6) is 1.22. The highest BCUT2D eigenvalue weighted by Crippen LogP contribution is 2.48. The first-order valence-corrected chi connectivity index (χ1v) is 7.67. The second-order valence-corrected chi connectivity index (χ2v) is 6.18. The van der Waals surface area contributed by atoms with Crippen molar-refractivity contribution in [3.63, 3.8) is 0 Å². The smallest absolute Gasteiger partial charge is 0.162 e. The van der Waals surface area contributed by atoms with E-state index in [0.717, 1.165) is 28.9 Å². The zero-order valence-electron chi connectivity index (χ0n) is 13.0. The lowest BCUT2D eigenvalue weighted by Gasteiger charge is -2.30. The van der Waals surface area contributed by atoms with Crippen LogP contribution in [0.15, 0.2) is 41.5 Å². The molecule has 0 aromatic heterocycles. The van der Waals surface area contributed by atoms with E-state index in [1.807, 2.05) is 43.3 Å². The van der Waals surface area contributed by atoms with Crippen LogP contribution in [0.3, 0.4) is 0 Å². The highest BCUT2D eigenvalue weighted by atomic mass is 16.5. The summed E-state index contributed by atoms with van der Waals surface area (Å²) in [4.78, 5) is 24.4. The number of methoxy groups -OCH3 is 1. The van der Waals surface area contributed by atoms with E-state index in [0.29, 0.717) is 19.3 Å². The third kappa shape index (κ3) is 2.41. The topological polar surface area (TPSA) is 43.4 Å². The van der Waals surface area contributed by atoms with Crippen LogP contribution in [-0.2, 0) is 9.59 Å². The van der Waals surface area contributed by atoms with Gasteiger partial charge in [-0.1, -0.05) is 24.3 Å². The predicted molar refractivity (Wildman–Crippen MR) is 85.6 cm³/mol. The molecule has 1 fully saturated rings. The van der Waals surface area contributed by atoms with Gasteiger partial charge in [0.2, 0.25) is 0 Å². The largest absolute Gasteiger partial charge is 0.497 e. The number of hydrogen-bond acceptors (Lipinski definition) is 3. The van der Waals surface area contributed by atoms with E-state index in [-0.39, 0.29) is 11.6 Å². The average Bonchev–Trinajstić information content (AvgIpc) is 2.83. The fourth-order valence-electron chi connectivity index (χ4n) is 3.47. The van der Waals surface area contributed by atoms with Gasteiger partial charge in [-0.3, -0.25) is 9.59 Å². The molecule has 0 radical (unpaired) electrons. The van der Waals surface area contributed by atoms with E-state index < -0.39 is 5.41 Å². The predicted octanol–water partition coefficient (Wildman–Crippen LogP) is 3.74. The molecule has 0 aliphatic heterocycles. The lowest BCUT2D eigenvalue weighted by molar-refractivity contribution is -0.125. The highest BCUT2D eigenvalue weighted by Gasteiger charge is 2.46. The maximum Gasteiger partial charge on any atom is 0.162 e. The van der Waals surface area contributed by atoms with Crippen molar-refractivity contribution in [3.05, 3.63) is 47.1 Å². The Kier molecular flexibility index (Phi) is 3.73. The van der Waals surface area contributed by atoms with Gasteiger partial charge in [0.1, 0.15) is 11.5 Å². The molecule has 3 nitrogen and oxygen atoms in total. The molecule has 22 heavy (non-hydrogen) atoms. The van der Waals surface area contributed by atoms with Gasteiger partial charge in [0.25, 0.3) is 0 Å². The number of benzene rings is 1. The minimum absolute atomic E-state index is 0.154. The molecule has 1 unspecified atom stereocenters. The molecule has 3 rings (SSSR count). The van der Waals surface area contributed by atoms with Gasteiger partial charge in [-0.05, 0) is 43.0 Å².